The number of rotatable bonds is 5. The molecule has 2 aromatic carbocycles. The van der Waals surface area contributed by atoms with Crippen molar-refractivity contribution < 1.29 is 32.2 Å². The van der Waals surface area contributed by atoms with Gasteiger partial charge >= 0.3 is 12.1 Å². The maximum Gasteiger partial charge on any atom is 0.416 e. The van der Waals surface area contributed by atoms with Gasteiger partial charge in [-0.2, -0.15) is 13.2 Å². The second kappa shape index (κ2) is 7.80. The molecule has 1 saturated carbocycles. The van der Waals surface area contributed by atoms with Crippen molar-refractivity contribution in [3.8, 4) is 5.88 Å². The summed E-state index contributed by atoms with van der Waals surface area (Å²) in [6.07, 6.45) is -1.17. The van der Waals surface area contributed by atoms with Crippen LogP contribution >= 0.6 is 0 Å². The van der Waals surface area contributed by atoms with Crippen LogP contribution < -0.4 is 4.74 Å². The zero-order valence-corrected chi connectivity index (χ0v) is 18.5. The van der Waals surface area contributed by atoms with E-state index in [-0.39, 0.29) is 35.5 Å². The average molecular weight is 483 g/mol. The number of aryl methyl sites for hydroxylation is 1. The number of carboxylic acid groups (broad SMARTS) is 1. The van der Waals surface area contributed by atoms with Crippen LogP contribution in [0.1, 0.15) is 57.2 Å². The molecule has 1 fully saturated rings. The normalized spacial score (nSPS) is 24.0. The fourth-order valence-electron chi connectivity index (χ4n) is 6.00. The number of carboxylic acids is 1. The van der Waals surface area contributed by atoms with Gasteiger partial charge in [0.25, 0.3) is 0 Å². The van der Waals surface area contributed by atoms with Crippen LogP contribution in [-0.4, -0.2) is 16.1 Å². The summed E-state index contributed by atoms with van der Waals surface area (Å²) < 4.78 is 61.3. The molecule has 3 aromatic rings. The zero-order chi connectivity index (χ0) is 24.5. The zero-order valence-electron chi connectivity index (χ0n) is 18.5. The largest absolute Gasteiger partial charge is 0.481 e. The van der Waals surface area contributed by atoms with Gasteiger partial charge in [0.15, 0.2) is 0 Å². The molecule has 4 nitrogen and oxygen atoms in total. The summed E-state index contributed by atoms with van der Waals surface area (Å²) in [5.41, 5.74) is 3.15. The molecule has 0 spiro atoms. The van der Waals surface area contributed by atoms with Crippen molar-refractivity contribution in [1.82, 2.24) is 4.98 Å². The lowest BCUT2D eigenvalue weighted by Crippen LogP contribution is -2.12. The summed E-state index contributed by atoms with van der Waals surface area (Å²) in [5, 5.41) is 9.25. The predicted octanol–water partition coefficient (Wildman–Crippen LogP) is 5.87. The molecule has 3 aliphatic carbocycles. The van der Waals surface area contributed by atoms with Gasteiger partial charge in [-0.15, -0.1) is 0 Å². The summed E-state index contributed by atoms with van der Waals surface area (Å²) in [6, 6.07) is 10.3. The molecular weight excluding hydrogens is 462 g/mol. The molecule has 0 aliphatic heterocycles. The minimum absolute atomic E-state index is 0.00900. The molecule has 0 saturated heterocycles. The first-order valence-electron chi connectivity index (χ1n) is 11.5. The number of halogens is 4. The van der Waals surface area contributed by atoms with Gasteiger partial charge in [0.1, 0.15) is 12.4 Å². The molecule has 1 heterocycles. The Balaban J connectivity index is 1.23. The number of hydrogen-bond acceptors (Lipinski definition) is 3. The van der Waals surface area contributed by atoms with Crippen LogP contribution in [-0.2, 0) is 30.4 Å². The van der Waals surface area contributed by atoms with Crippen LogP contribution in [0.3, 0.4) is 0 Å². The highest BCUT2D eigenvalue weighted by Gasteiger charge is 2.60. The van der Waals surface area contributed by atoms with Gasteiger partial charge in [-0.05, 0) is 71.2 Å². The van der Waals surface area contributed by atoms with Crippen molar-refractivity contribution in [2.75, 3.05) is 0 Å². The standard InChI is InChI=1S/C27H21F4NO3/c28-22-9-13-5-6-16(17-3-1-2-4-21(17)27(29,30)31)18(13)8-15(22)12-35-23-10-14-7-19-24(20(14)11-32-23)25(19)26(33)34/h1-4,8-11,16,19,24-25H,5-7,12H2,(H,33,34)/t16?,19-,24-,25+/m1/s1. The maximum atomic E-state index is 14.8. The van der Waals surface area contributed by atoms with E-state index in [9.17, 15) is 27.5 Å². The second-order valence-corrected chi connectivity index (χ2v) is 9.59. The SMILES string of the molecule is O=C(O)[C@H]1[C@@H]2Cc3cc(OCc4cc5c(cc4F)CCC5c4ccccc4C(F)(F)F)ncc3[C@@H]21. The van der Waals surface area contributed by atoms with Gasteiger partial charge in [0, 0.05) is 29.7 Å². The first kappa shape index (κ1) is 22.1. The van der Waals surface area contributed by atoms with Crippen LogP contribution in [0, 0.1) is 17.7 Å². The maximum absolute atomic E-state index is 14.8. The average Bonchev–Trinajstić information content (AvgIpc) is 3.19. The molecule has 3 aliphatic rings. The number of fused-ring (bicyclic) bond motifs is 4. The number of alkyl halides is 3. The number of pyridine rings is 1. The van der Waals surface area contributed by atoms with Gasteiger partial charge in [-0.3, -0.25) is 4.79 Å². The topological polar surface area (TPSA) is 59.4 Å². The first-order valence-corrected chi connectivity index (χ1v) is 11.5. The van der Waals surface area contributed by atoms with E-state index in [0.717, 1.165) is 22.8 Å². The third-order valence-electron chi connectivity index (χ3n) is 7.67. The molecule has 1 aromatic heterocycles. The number of carbonyl (C=O) groups is 1. The molecule has 0 bridgehead atoms. The summed E-state index contributed by atoms with van der Waals surface area (Å²) in [7, 11) is 0. The van der Waals surface area contributed by atoms with Crippen LogP contribution in [0.25, 0.3) is 0 Å². The highest BCUT2D eigenvalue weighted by Crippen LogP contribution is 2.61. The molecule has 4 atom stereocenters. The molecule has 0 amide bonds. The summed E-state index contributed by atoms with van der Waals surface area (Å²) in [6.45, 7) is -0.108. The Morgan fingerprint density at radius 2 is 1.89 bits per heavy atom. The highest BCUT2D eigenvalue weighted by molar-refractivity contribution is 5.77. The van der Waals surface area contributed by atoms with Crippen LogP contribution in [0.2, 0.25) is 0 Å². The van der Waals surface area contributed by atoms with Crippen LogP contribution in [0.5, 0.6) is 5.88 Å². The fraction of sp³-hybridized carbons (Fsp3) is 0.333. The Kier molecular flexibility index (Phi) is 4.92. The van der Waals surface area contributed by atoms with Gasteiger partial charge < -0.3 is 9.84 Å². The van der Waals surface area contributed by atoms with Crippen molar-refractivity contribution in [3.63, 3.8) is 0 Å². The number of benzene rings is 2. The lowest BCUT2D eigenvalue weighted by atomic mass is 9.88. The van der Waals surface area contributed by atoms with Gasteiger partial charge in [-0.25, -0.2) is 9.37 Å². The minimum Gasteiger partial charge on any atom is -0.481 e. The van der Waals surface area contributed by atoms with Crippen molar-refractivity contribution in [1.29, 1.82) is 0 Å². The van der Waals surface area contributed by atoms with E-state index in [1.165, 1.54) is 18.2 Å². The molecule has 1 N–H and O–H groups in total. The third-order valence-corrected chi connectivity index (χ3v) is 7.67. The number of hydrogen-bond donors (Lipinski definition) is 1. The van der Waals surface area contributed by atoms with Crippen molar-refractivity contribution >= 4 is 5.97 Å². The molecule has 35 heavy (non-hydrogen) atoms. The van der Waals surface area contributed by atoms with Gasteiger partial charge in [0.2, 0.25) is 5.88 Å². The number of nitrogens with zero attached hydrogens (tertiary/aromatic N) is 1. The van der Waals surface area contributed by atoms with Crippen LogP contribution in [0.15, 0.2) is 48.7 Å². The molecule has 6 rings (SSSR count). The predicted molar refractivity (Wildman–Crippen MR) is 118 cm³/mol. The van der Waals surface area contributed by atoms with Crippen molar-refractivity contribution in [3.05, 3.63) is 93.4 Å². The Labute approximate surface area is 198 Å². The van der Waals surface area contributed by atoms with Crippen molar-refractivity contribution in [2.45, 2.75) is 43.9 Å². The van der Waals surface area contributed by atoms with Gasteiger partial charge in [0.05, 0.1) is 11.5 Å². The van der Waals surface area contributed by atoms with E-state index < -0.39 is 29.4 Å². The number of aromatic nitrogens is 1. The number of aliphatic carboxylic acids is 1. The van der Waals surface area contributed by atoms with E-state index in [1.807, 2.05) is 0 Å². The summed E-state index contributed by atoms with van der Waals surface area (Å²) in [5.74, 6) is -1.62. The minimum atomic E-state index is -4.46. The summed E-state index contributed by atoms with van der Waals surface area (Å²) in [4.78, 5) is 15.5. The number of ether oxygens (including phenoxy) is 1. The lowest BCUT2D eigenvalue weighted by Gasteiger charge is -2.19. The third kappa shape index (κ3) is 3.66. The van der Waals surface area contributed by atoms with Crippen molar-refractivity contribution in [2.24, 2.45) is 11.8 Å². The van der Waals surface area contributed by atoms with E-state index in [1.54, 1.807) is 24.4 Å². The summed E-state index contributed by atoms with van der Waals surface area (Å²) >= 11 is 0. The molecule has 0 radical (unpaired) electrons. The lowest BCUT2D eigenvalue weighted by molar-refractivity contribution is -0.139. The molecule has 1 unspecified atom stereocenters. The Hall–Kier alpha value is -3.42. The smallest absolute Gasteiger partial charge is 0.416 e. The first-order chi connectivity index (χ1) is 16.7. The Morgan fingerprint density at radius 3 is 2.66 bits per heavy atom. The van der Waals surface area contributed by atoms with E-state index in [0.29, 0.717) is 30.7 Å². The van der Waals surface area contributed by atoms with E-state index in [2.05, 4.69) is 4.98 Å². The van der Waals surface area contributed by atoms with E-state index in [4.69, 9.17) is 4.74 Å². The highest BCUT2D eigenvalue weighted by atomic mass is 19.4. The van der Waals surface area contributed by atoms with Gasteiger partial charge in [-0.1, -0.05) is 18.2 Å². The quantitative estimate of drug-likeness (QED) is 0.462. The molecule has 180 valence electrons. The van der Waals surface area contributed by atoms with E-state index >= 15 is 0 Å². The molecular formula is C27H21F4NO3. The monoisotopic (exact) mass is 483 g/mol. The second-order valence-electron chi connectivity index (χ2n) is 9.59. The fourth-order valence-corrected chi connectivity index (χ4v) is 6.00. The Bertz CT molecular complexity index is 1350. The molecule has 8 heteroatoms. The van der Waals surface area contributed by atoms with Crippen LogP contribution in [0.4, 0.5) is 17.6 Å². The Morgan fingerprint density at radius 1 is 1.09 bits per heavy atom.